The largest absolute Gasteiger partial charge is 0.369 e. The summed E-state index contributed by atoms with van der Waals surface area (Å²) in [6.45, 7) is 6.07. The molecule has 0 atom stereocenters. The molecule has 0 aliphatic rings. The molecule has 19 heavy (non-hydrogen) atoms. The van der Waals surface area contributed by atoms with E-state index in [2.05, 4.69) is 46.8 Å². The van der Waals surface area contributed by atoms with Gasteiger partial charge in [0, 0.05) is 23.7 Å². The van der Waals surface area contributed by atoms with Gasteiger partial charge in [-0.3, -0.25) is 0 Å². The molecule has 0 aromatic carbocycles. The second kappa shape index (κ2) is 6.96. The maximum atomic E-state index is 4.59. The summed E-state index contributed by atoms with van der Waals surface area (Å²) >= 11 is 3.55. The Balaban J connectivity index is 2.28. The van der Waals surface area contributed by atoms with Gasteiger partial charge in [-0.05, 0) is 25.7 Å². The number of fused-ring (bicyclic) bond motifs is 1. The monoisotopic (exact) mass is 296 g/mol. The average molecular weight is 296 g/mol. The predicted octanol–water partition coefficient (Wildman–Crippen LogP) is 3.60. The molecule has 0 saturated carbocycles. The number of aromatic nitrogens is 2. The first-order valence-electron chi connectivity index (χ1n) is 6.49. The molecule has 0 bridgehead atoms. The first-order valence-corrected chi connectivity index (χ1v) is 8.70. The summed E-state index contributed by atoms with van der Waals surface area (Å²) < 4.78 is 0. The molecule has 6 heteroatoms. The SMILES string of the molecule is CCCNc1nc(NCCSC)c2cc(C)sc2n1. The van der Waals surface area contributed by atoms with E-state index in [1.54, 1.807) is 11.3 Å². The van der Waals surface area contributed by atoms with E-state index in [-0.39, 0.29) is 0 Å². The Hall–Kier alpha value is -1.01. The zero-order chi connectivity index (χ0) is 13.7. The highest BCUT2D eigenvalue weighted by Gasteiger charge is 2.09. The highest BCUT2D eigenvalue weighted by atomic mass is 32.2. The van der Waals surface area contributed by atoms with E-state index < -0.39 is 0 Å². The Labute approximate surface area is 122 Å². The van der Waals surface area contributed by atoms with Crippen molar-refractivity contribution >= 4 is 45.1 Å². The lowest BCUT2D eigenvalue weighted by Crippen LogP contribution is -2.09. The first-order chi connectivity index (χ1) is 9.24. The summed E-state index contributed by atoms with van der Waals surface area (Å²) in [5.41, 5.74) is 0. The molecular formula is C13H20N4S2. The number of aryl methyl sites for hydroxylation is 1. The van der Waals surface area contributed by atoms with Crippen LogP contribution in [0.3, 0.4) is 0 Å². The molecule has 0 aliphatic heterocycles. The molecule has 0 aliphatic carbocycles. The summed E-state index contributed by atoms with van der Waals surface area (Å²) in [6, 6.07) is 2.16. The van der Waals surface area contributed by atoms with E-state index in [1.807, 2.05) is 11.8 Å². The lowest BCUT2D eigenvalue weighted by Gasteiger charge is -2.09. The molecule has 4 nitrogen and oxygen atoms in total. The van der Waals surface area contributed by atoms with Gasteiger partial charge in [-0.25, -0.2) is 4.98 Å². The van der Waals surface area contributed by atoms with Crippen LogP contribution in [0.2, 0.25) is 0 Å². The third kappa shape index (κ3) is 3.73. The first kappa shape index (κ1) is 14.4. The van der Waals surface area contributed by atoms with Gasteiger partial charge in [0.25, 0.3) is 0 Å². The van der Waals surface area contributed by atoms with Crippen LogP contribution in [0.15, 0.2) is 6.07 Å². The average Bonchev–Trinajstić information content (AvgIpc) is 2.77. The second-order valence-corrected chi connectivity index (χ2v) is 6.54. The molecule has 0 unspecified atom stereocenters. The van der Waals surface area contributed by atoms with Crippen LogP contribution in [-0.2, 0) is 0 Å². The molecule has 2 aromatic rings. The van der Waals surface area contributed by atoms with Gasteiger partial charge in [0.05, 0.1) is 5.39 Å². The molecule has 0 amide bonds. The molecule has 2 aromatic heterocycles. The lowest BCUT2D eigenvalue weighted by molar-refractivity contribution is 0.957. The number of thiophene rings is 1. The fraction of sp³-hybridized carbons (Fsp3) is 0.538. The Bertz CT molecular complexity index is 539. The Morgan fingerprint density at radius 2 is 2.11 bits per heavy atom. The van der Waals surface area contributed by atoms with Crippen molar-refractivity contribution in [2.24, 2.45) is 0 Å². The van der Waals surface area contributed by atoms with Crippen molar-refractivity contribution in [1.82, 2.24) is 9.97 Å². The van der Waals surface area contributed by atoms with Crippen LogP contribution in [0, 0.1) is 6.92 Å². The summed E-state index contributed by atoms with van der Waals surface area (Å²) in [5.74, 6) is 2.75. The lowest BCUT2D eigenvalue weighted by atomic mass is 10.3. The fourth-order valence-electron chi connectivity index (χ4n) is 1.76. The smallest absolute Gasteiger partial charge is 0.226 e. The highest BCUT2D eigenvalue weighted by Crippen LogP contribution is 2.29. The van der Waals surface area contributed by atoms with Gasteiger partial charge in [-0.15, -0.1) is 11.3 Å². The number of anilines is 2. The molecule has 2 rings (SSSR count). The molecule has 0 fully saturated rings. The van der Waals surface area contributed by atoms with Crippen molar-refractivity contribution in [2.45, 2.75) is 20.3 Å². The standard InChI is InChI=1S/C13H20N4S2/c1-4-5-15-13-16-11(14-6-7-18-3)10-8-9(2)19-12(10)17-13/h8H,4-7H2,1-3H3,(H2,14,15,16,17). The third-order valence-electron chi connectivity index (χ3n) is 2.65. The van der Waals surface area contributed by atoms with E-state index in [4.69, 9.17) is 0 Å². The van der Waals surface area contributed by atoms with Crippen LogP contribution in [0.1, 0.15) is 18.2 Å². The summed E-state index contributed by atoms with van der Waals surface area (Å²) in [4.78, 5) is 11.5. The van der Waals surface area contributed by atoms with E-state index >= 15 is 0 Å². The molecule has 0 radical (unpaired) electrons. The van der Waals surface area contributed by atoms with Crippen LogP contribution < -0.4 is 10.6 Å². The number of nitrogens with zero attached hydrogens (tertiary/aromatic N) is 2. The van der Waals surface area contributed by atoms with Crippen molar-refractivity contribution in [3.05, 3.63) is 10.9 Å². The van der Waals surface area contributed by atoms with E-state index in [1.165, 1.54) is 4.88 Å². The topological polar surface area (TPSA) is 49.8 Å². The second-order valence-electron chi connectivity index (χ2n) is 4.32. The summed E-state index contributed by atoms with van der Waals surface area (Å²) in [7, 11) is 0. The Morgan fingerprint density at radius 1 is 1.26 bits per heavy atom. The minimum absolute atomic E-state index is 0.725. The zero-order valence-corrected chi connectivity index (χ0v) is 13.2. The Morgan fingerprint density at radius 3 is 2.84 bits per heavy atom. The van der Waals surface area contributed by atoms with Crippen LogP contribution >= 0.6 is 23.1 Å². The zero-order valence-electron chi connectivity index (χ0n) is 11.6. The number of thioether (sulfide) groups is 1. The van der Waals surface area contributed by atoms with Crippen molar-refractivity contribution in [3.63, 3.8) is 0 Å². The van der Waals surface area contributed by atoms with Crippen LogP contribution in [0.5, 0.6) is 0 Å². The molecule has 0 spiro atoms. The molecule has 0 saturated heterocycles. The quantitative estimate of drug-likeness (QED) is 0.765. The normalized spacial score (nSPS) is 10.9. The van der Waals surface area contributed by atoms with E-state index in [0.29, 0.717) is 0 Å². The number of rotatable bonds is 7. The highest BCUT2D eigenvalue weighted by molar-refractivity contribution is 7.98. The fourth-order valence-corrected chi connectivity index (χ4v) is 2.95. The summed E-state index contributed by atoms with van der Waals surface area (Å²) in [6.07, 6.45) is 3.18. The number of nitrogens with one attached hydrogen (secondary N) is 2. The molecule has 2 heterocycles. The van der Waals surface area contributed by atoms with Gasteiger partial charge in [0.2, 0.25) is 5.95 Å². The van der Waals surface area contributed by atoms with Gasteiger partial charge >= 0.3 is 0 Å². The summed E-state index contributed by atoms with van der Waals surface area (Å²) in [5, 5.41) is 7.81. The van der Waals surface area contributed by atoms with Crippen LogP contribution in [-0.4, -0.2) is 35.1 Å². The Kier molecular flexibility index (Phi) is 5.27. The minimum Gasteiger partial charge on any atom is -0.369 e. The molecule has 2 N–H and O–H groups in total. The predicted molar refractivity (Wildman–Crippen MR) is 87.8 cm³/mol. The van der Waals surface area contributed by atoms with Gasteiger partial charge < -0.3 is 10.6 Å². The van der Waals surface area contributed by atoms with Crippen molar-refractivity contribution < 1.29 is 0 Å². The van der Waals surface area contributed by atoms with Gasteiger partial charge in [-0.1, -0.05) is 6.92 Å². The molecular weight excluding hydrogens is 276 g/mol. The van der Waals surface area contributed by atoms with Crippen LogP contribution in [0.4, 0.5) is 11.8 Å². The number of hydrogen-bond acceptors (Lipinski definition) is 6. The molecule has 104 valence electrons. The maximum absolute atomic E-state index is 4.59. The van der Waals surface area contributed by atoms with Gasteiger partial charge in [0.1, 0.15) is 10.6 Å². The van der Waals surface area contributed by atoms with Crippen molar-refractivity contribution in [1.29, 1.82) is 0 Å². The van der Waals surface area contributed by atoms with Gasteiger partial charge in [0.15, 0.2) is 0 Å². The van der Waals surface area contributed by atoms with Crippen molar-refractivity contribution in [2.75, 3.05) is 35.7 Å². The maximum Gasteiger partial charge on any atom is 0.226 e. The van der Waals surface area contributed by atoms with E-state index in [0.717, 1.165) is 47.2 Å². The third-order valence-corrected chi connectivity index (χ3v) is 4.20. The number of hydrogen-bond donors (Lipinski definition) is 2. The minimum atomic E-state index is 0.725. The van der Waals surface area contributed by atoms with Crippen LogP contribution in [0.25, 0.3) is 10.2 Å². The van der Waals surface area contributed by atoms with Crippen molar-refractivity contribution in [3.8, 4) is 0 Å². The van der Waals surface area contributed by atoms with E-state index in [9.17, 15) is 0 Å². The van der Waals surface area contributed by atoms with Gasteiger partial charge in [-0.2, -0.15) is 16.7 Å².